The molecule has 1 fully saturated rings. The fraction of sp³-hybridized carbons (Fsp3) is 0.200. The number of hydrogen-bond acceptors (Lipinski definition) is 11. The molecule has 11 nitrogen and oxygen atoms in total. The number of methoxy groups -OCH3 is 2. The number of halogens is 3. The maximum Gasteiger partial charge on any atom is 0.244 e. The molecule has 0 unspecified atom stereocenters. The van der Waals surface area contributed by atoms with E-state index in [2.05, 4.69) is 30.5 Å². The van der Waals surface area contributed by atoms with Crippen LogP contribution in [0.25, 0.3) is 11.3 Å². The van der Waals surface area contributed by atoms with Crippen LogP contribution in [0.5, 0.6) is 17.2 Å². The zero-order chi connectivity index (χ0) is 31.2. The van der Waals surface area contributed by atoms with Crippen molar-refractivity contribution in [3.8, 4) is 28.5 Å². The Morgan fingerprint density at radius 1 is 1.05 bits per heavy atom. The molecule has 0 atom stereocenters. The van der Waals surface area contributed by atoms with Gasteiger partial charge in [-0.15, -0.1) is 0 Å². The van der Waals surface area contributed by atoms with Crippen LogP contribution < -0.4 is 30.6 Å². The van der Waals surface area contributed by atoms with E-state index in [9.17, 15) is 4.79 Å². The molecule has 4 aromatic rings. The van der Waals surface area contributed by atoms with Crippen LogP contribution in [0.1, 0.15) is 0 Å². The topological polar surface area (TPSA) is 137 Å². The summed E-state index contributed by atoms with van der Waals surface area (Å²) in [6.07, 6.45) is 6.19. The fourth-order valence-corrected chi connectivity index (χ4v) is 5.18. The second-order valence-corrected chi connectivity index (χ2v) is 10.8. The number of ether oxygens (including phenoxy) is 3. The normalized spacial score (nSPS) is 13.4. The smallest absolute Gasteiger partial charge is 0.244 e. The summed E-state index contributed by atoms with van der Waals surface area (Å²) in [4.78, 5) is 26.3. The molecule has 14 heteroatoms. The summed E-state index contributed by atoms with van der Waals surface area (Å²) >= 11 is 18.5. The molecule has 2 aromatic heterocycles. The van der Waals surface area contributed by atoms with E-state index in [4.69, 9.17) is 54.7 Å². The number of hydrogen-bond donors (Lipinski definition) is 3. The minimum Gasteiger partial charge on any atom is -0.495 e. The molecule has 1 aliphatic heterocycles. The monoisotopic (exact) mass is 655 g/mol. The molecule has 0 radical (unpaired) electrons. The van der Waals surface area contributed by atoms with Gasteiger partial charge in [0, 0.05) is 49.6 Å². The van der Waals surface area contributed by atoms with Gasteiger partial charge in [-0.3, -0.25) is 9.69 Å². The summed E-state index contributed by atoms with van der Waals surface area (Å²) in [6.45, 7) is 2.11. The summed E-state index contributed by atoms with van der Waals surface area (Å²) in [5.41, 5.74) is 9.11. The lowest BCUT2D eigenvalue weighted by Crippen LogP contribution is -2.53. The highest BCUT2D eigenvalue weighted by Crippen LogP contribution is 2.45. The quantitative estimate of drug-likeness (QED) is 0.0898. The minimum atomic E-state index is -0.485. The summed E-state index contributed by atoms with van der Waals surface area (Å²) in [6, 6.07) is 12.5. The van der Waals surface area contributed by atoms with Crippen LogP contribution >= 0.6 is 34.8 Å². The number of nitrogens with two attached hydrogens (primary N) is 1. The number of pyridine rings is 1. The van der Waals surface area contributed by atoms with Crippen molar-refractivity contribution in [1.82, 2.24) is 19.9 Å². The van der Waals surface area contributed by atoms with E-state index >= 15 is 0 Å². The Kier molecular flexibility index (Phi) is 9.91. The zero-order valence-electron chi connectivity index (χ0n) is 23.7. The van der Waals surface area contributed by atoms with E-state index in [1.54, 1.807) is 36.5 Å². The van der Waals surface area contributed by atoms with Gasteiger partial charge < -0.3 is 30.6 Å². The van der Waals surface area contributed by atoms with Gasteiger partial charge in [0.15, 0.2) is 0 Å². The van der Waals surface area contributed by atoms with E-state index in [0.29, 0.717) is 63.7 Å². The first-order valence-corrected chi connectivity index (χ1v) is 14.4. The molecule has 1 aliphatic rings. The predicted octanol–water partition coefficient (Wildman–Crippen LogP) is 6.32. The molecular formula is C30H28Cl3N7O4. The Bertz CT molecular complexity index is 1670. The van der Waals surface area contributed by atoms with Gasteiger partial charge in [0.1, 0.15) is 51.4 Å². The molecule has 0 bridgehead atoms. The fourth-order valence-electron chi connectivity index (χ4n) is 4.50. The third-order valence-electron chi connectivity index (χ3n) is 6.69. The molecule has 0 aliphatic carbocycles. The molecule has 228 valence electrons. The van der Waals surface area contributed by atoms with Crippen molar-refractivity contribution in [3.05, 3.63) is 77.2 Å². The maximum atomic E-state index is 10.8. The standard InChI is InChI=1S/C30H28Cl3N7O4/c1-42-23-13-24(43-2)28(33)29(27(23)32)39-30-19(5-3-9-35-30)22-12-26(37-16-36-22)38-21-8-7-17(11-20(21)34)44-18-14-40(15-18)10-4-6-25(31)41/h3-9,11-13,16,18H,10,14-15,34H2,1-2H3,(H,35,39)(H,36,37,38)/b6-4+. The van der Waals surface area contributed by atoms with Crippen LogP contribution in [0.15, 0.2) is 67.1 Å². The molecule has 0 saturated carbocycles. The van der Waals surface area contributed by atoms with Gasteiger partial charge in [0.2, 0.25) is 5.24 Å². The van der Waals surface area contributed by atoms with Crippen molar-refractivity contribution in [2.45, 2.75) is 6.10 Å². The summed E-state index contributed by atoms with van der Waals surface area (Å²) in [5, 5.41) is 6.52. The maximum absolute atomic E-state index is 10.8. The van der Waals surface area contributed by atoms with Gasteiger partial charge in [-0.2, -0.15) is 0 Å². The first-order valence-electron chi connectivity index (χ1n) is 13.3. The number of nitrogen functional groups attached to an aromatic ring is 1. The Labute approximate surface area is 268 Å². The van der Waals surface area contributed by atoms with Gasteiger partial charge in [0.25, 0.3) is 0 Å². The number of nitrogens with zero attached hydrogens (tertiary/aromatic N) is 4. The van der Waals surface area contributed by atoms with Gasteiger partial charge in [0.05, 0.1) is 37.0 Å². The van der Waals surface area contributed by atoms with Gasteiger partial charge in [-0.05, 0) is 41.9 Å². The summed E-state index contributed by atoms with van der Waals surface area (Å²) in [5.74, 6) is 2.40. The van der Waals surface area contributed by atoms with Gasteiger partial charge >= 0.3 is 0 Å². The zero-order valence-corrected chi connectivity index (χ0v) is 26.0. The van der Waals surface area contributed by atoms with Crippen LogP contribution in [0.2, 0.25) is 10.0 Å². The van der Waals surface area contributed by atoms with Crippen LogP contribution in [0.3, 0.4) is 0 Å². The first-order chi connectivity index (χ1) is 21.2. The molecular weight excluding hydrogens is 629 g/mol. The number of allylic oxidation sites excluding steroid dienone is 1. The molecule has 2 aromatic carbocycles. The number of carbonyl (C=O) groups excluding carboxylic acids is 1. The number of rotatable bonds is 12. The Balaban J connectivity index is 1.29. The number of benzene rings is 2. The first kappa shape index (κ1) is 31.1. The van der Waals surface area contributed by atoms with Crippen molar-refractivity contribution in [2.24, 2.45) is 0 Å². The van der Waals surface area contributed by atoms with E-state index in [1.165, 1.54) is 26.6 Å². The van der Waals surface area contributed by atoms with Gasteiger partial charge in [-0.1, -0.05) is 29.3 Å². The van der Waals surface area contributed by atoms with Crippen molar-refractivity contribution in [3.63, 3.8) is 0 Å². The van der Waals surface area contributed by atoms with Crippen LogP contribution in [-0.4, -0.2) is 65.1 Å². The lowest BCUT2D eigenvalue weighted by molar-refractivity contribution is -0.107. The van der Waals surface area contributed by atoms with Crippen molar-refractivity contribution in [2.75, 3.05) is 50.2 Å². The SMILES string of the molecule is COc1cc(OC)c(Cl)c(Nc2ncccc2-c2cc(Nc3ccc(OC4CN(C/C=C/C(=O)Cl)C4)cc3N)ncn2)c1Cl. The van der Waals surface area contributed by atoms with Crippen LogP contribution in [-0.2, 0) is 4.79 Å². The van der Waals surface area contributed by atoms with Crippen LogP contribution in [0.4, 0.5) is 28.7 Å². The summed E-state index contributed by atoms with van der Waals surface area (Å²) in [7, 11) is 3.01. The molecule has 4 N–H and O–H groups in total. The predicted molar refractivity (Wildman–Crippen MR) is 173 cm³/mol. The Morgan fingerprint density at radius 2 is 1.80 bits per heavy atom. The van der Waals surface area contributed by atoms with Gasteiger partial charge in [-0.25, -0.2) is 15.0 Å². The highest BCUT2D eigenvalue weighted by atomic mass is 35.5. The lowest BCUT2D eigenvalue weighted by atomic mass is 10.1. The molecule has 5 rings (SSSR count). The number of nitrogens with one attached hydrogen (secondary N) is 2. The molecule has 44 heavy (non-hydrogen) atoms. The average molecular weight is 657 g/mol. The highest BCUT2D eigenvalue weighted by molar-refractivity contribution is 6.66. The lowest BCUT2D eigenvalue weighted by Gasteiger charge is -2.38. The summed E-state index contributed by atoms with van der Waals surface area (Å²) < 4.78 is 16.8. The second kappa shape index (κ2) is 14.0. The minimum absolute atomic E-state index is 0.0304. The largest absolute Gasteiger partial charge is 0.495 e. The van der Waals surface area contributed by atoms with E-state index in [-0.39, 0.29) is 16.1 Å². The average Bonchev–Trinajstić information content (AvgIpc) is 2.99. The van der Waals surface area contributed by atoms with Crippen molar-refractivity contribution >= 4 is 68.7 Å². The van der Waals surface area contributed by atoms with Crippen molar-refractivity contribution < 1.29 is 19.0 Å². The number of likely N-dealkylation sites (tertiary alicyclic amines) is 1. The number of anilines is 5. The molecule has 0 amide bonds. The van der Waals surface area contributed by atoms with E-state index in [0.717, 1.165) is 13.1 Å². The third-order valence-corrected chi connectivity index (χ3v) is 7.57. The number of carbonyl (C=O) groups is 1. The Hall–Kier alpha value is -4.29. The van der Waals surface area contributed by atoms with E-state index in [1.807, 2.05) is 18.2 Å². The molecule has 3 heterocycles. The third kappa shape index (κ3) is 7.25. The Morgan fingerprint density at radius 3 is 2.48 bits per heavy atom. The molecule has 0 spiro atoms. The van der Waals surface area contributed by atoms with Crippen LogP contribution in [0, 0.1) is 0 Å². The number of aromatic nitrogens is 3. The highest BCUT2D eigenvalue weighted by Gasteiger charge is 2.27. The van der Waals surface area contributed by atoms with E-state index < -0.39 is 5.24 Å². The second-order valence-electron chi connectivity index (χ2n) is 9.64. The molecule has 1 saturated heterocycles. The van der Waals surface area contributed by atoms with Crippen molar-refractivity contribution in [1.29, 1.82) is 0 Å².